The molecule has 0 aliphatic heterocycles. The maximum atomic E-state index is 11.8. The first kappa shape index (κ1) is 23.5. The van der Waals surface area contributed by atoms with Gasteiger partial charge in [-0.1, -0.05) is 0 Å². The van der Waals surface area contributed by atoms with Gasteiger partial charge in [0.1, 0.15) is 24.8 Å². The average molecular weight is 451 g/mol. The number of hydrogen-bond acceptors (Lipinski definition) is 11. The van der Waals surface area contributed by atoms with Crippen molar-refractivity contribution in [3.05, 3.63) is 12.5 Å². The van der Waals surface area contributed by atoms with E-state index in [-0.39, 0.29) is 31.4 Å². The highest BCUT2D eigenvalue weighted by atomic mass is 16.7. The highest BCUT2D eigenvalue weighted by Gasteiger charge is 2.47. The molecule has 176 valence electrons. The van der Waals surface area contributed by atoms with Crippen LogP contribution in [-0.4, -0.2) is 69.0 Å². The predicted octanol–water partition coefficient (Wildman–Crippen LogP) is 2.45. The third kappa shape index (κ3) is 6.67. The van der Waals surface area contributed by atoms with Gasteiger partial charge in [0.2, 0.25) is 5.95 Å². The molecule has 0 bridgehead atoms. The lowest BCUT2D eigenvalue weighted by molar-refractivity contribution is -0.0991. The van der Waals surface area contributed by atoms with E-state index >= 15 is 0 Å². The number of carbonyl (C=O) groups excluding carboxylic acids is 2. The van der Waals surface area contributed by atoms with Crippen LogP contribution in [0.4, 0.5) is 15.5 Å². The minimum absolute atomic E-state index is 0.150. The molecule has 2 heterocycles. The summed E-state index contributed by atoms with van der Waals surface area (Å²) in [6.45, 7) is 7.00. The van der Waals surface area contributed by atoms with Gasteiger partial charge in [-0.2, -0.15) is 4.98 Å². The number of rotatable bonds is 10. The summed E-state index contributed by atoms with van der Waals surface area (Å²) in [5.74, 6) is 0.150. The minimum atomic E-state index is -0.823. The fourth-order valence-corrected chi connectivity index (χ4v) is 2.99. The molecule has 3 rings (SSSR count). The van der Waals surface area contributed by atoms with Gasteiger partial charge in [-0.15, -0.1) is 0 Å². The lowest BCUT2D eigenvalue weighted by atomic mass is 10.3. The number of imidazole rings is 1. The van der Waals surface area contributed by atoms with E-state index in [4.69, 9.17) is 29.4 Å². The van der Waals surface area contributed by atoms with Crippen LogP contribution >= 0.6 is 0 Å². The standard InChI is InChI=1S/C20H29N5O7/c1-12(2)30-18(26)28-8-14(9-29-19(27)31-13(3)4)32-20(5-6-20)10-25-11-23-15-7-22-17(21)24-16(15)25/h7,11-14H,5-6,8-10H2,1-4H3,(H2,21,22,24). The molecule has 0 atom stereocenters. The Morgan fingerprint density at radius 2 is 1.66 bits per heavy atom. The van der Waals surface area contributed by atoms with Crippen LogP contribution in [0.25, 0.3) is 11.2 Å². The number of anilines is 1. The van der Waals surface area contributed by atoms with Crippen molar-refractivity contribution < 1.29 is 33.3 Å². The topological polar surface area (TPSA) is 150 Å². The molecular formula is C20H29N5O7. The zero-order chi connectivity index (χ0) is 23.3. The predicted molar refractivity (Wildman–Crippen MR) is 112 cm³/mol. The summed E-state index contributed by atoms with van der Waals surface area (Å²) in [4.78, 5) is 36.0. The van der Waals surface area contributed by atoms with Crippen LogP contribution in [0.5, 0.6) is 0 Å². The molecule has 0 amide bonds. The number of nitrogens with zero attached hydrogens (tertiary/aromatic N) is 4. The van der Waals surface area contributed by atoms with Crippen LogP contribution in [0.1, 0.15) is 40.5 Å². The summed E-state index contributed by atoms with van der Waals surface area (Å²) in [6.07, 6.45) is 1.71. The zero-order valence-corrected chi connectivity index (χ0v) is 18.6. The van der Waals surface area contributed by atoms with Crippen molar-refractivity contribution in [3.63, 3.8) is 0 Å². The minimum Gasteiger partial charge on any atom is -0.432 e. The van der Waals surface area contributed by atoms with E-state index in [0.29, 0.717) is 17.7 Å². The van der Waals surface area contributed by atoms with E-state index in [1.807, 2.05) is 4.57 Å². The van der Waals surface area contributed by atoms with Gasteiger partial charge in [-0.25, -0.2) is 19.6 Å². The Hall–Kier alpha value is -3.15. The molecular weight excluding hydrogens is 422 g/mol. The molecule has 0 aromatic carbocycles. The average Bonchev–Trinajstić information content (AvgIpc) is 3.35. The second-order valence-electron chi connectivity index (χ2n) is 8.19. The third-order valence-corrected chi connectivity index (χ3v) is 4.50. The van der Waals surface area contributed by atoms with Crippen LogP contribution < -0.4 is 5.73 Å². The smallest absolute Gasteiger partial charge is 0.432 e. The Bertz CT molecular complexity index is 916. The molecule has 12 heteroatoms. The number of hydrogen-bond donors (Lipinski definition) is 1. The summed E-state index contributed by atoms with van der Waals surface area (Å²) in [7, 11) is 0. The summed E-state index contributed by atoms with van der Waals surface area (Å²) in [6, 6.07) is 0. The Labute approximate surface area is 185 Å². The van der Waals surface area contributed by atoms with Crippen LogP contribution in [-0.2, 0) is 30.2 Å². The number of nitrogen functional groups attached to an aromatic ring is 1. The van der Waals surface area contributed by atoms with Crippen LogP contribution in [0.15, 0.2) is 12.5 Å². The SMILES string of the molecule is CC(C)OC(=O)OCC(COC(=O)OC(C)C)OC1(Cn2cnc3cnc(N)nc32)CC1. The molecule has 2 aromatic heterocycles. The Morgan fingerprint density at radius 3 is 2.19 bits per heavy atom. The lowest BCUT2D eigenvalue weighted by Crippen LogP contribution is -2.36. The molecule has 0 spiro atoms. The zero-order valence-electron chi connectivity index (χ0n) is 18.6. The van der Waals surface area contributed by atoms with Crippen LogP contribution in [0.2, 0.25) is 0 Å². The summed E-state index contributed by atoms with van der Waals surface area (Å²) in [5, 5.41) is 0. The fourth-order valence-electron chi connectivity index (χ4n) is 2.99. The first-order valence-corrected chi connectivity index (χ1v) is 10.4. The molecule has 1 aliphatic rings. The van der Waals surface area contributed by atoms with Crippen molar-refractivity contribution in [3.8, 4) is 0 Å². The molecule has 0 unspecified atom stereocenters. The summed E-state index contributed by atoms with van der Waals surface area (Å²) >= 11 is 0. The first-order valence-electron chi connectivity index (χ1n) is 10.4. The number of fused-ring (bicyclic) bond motifs is 1. The van der Waals surface area contributed by atoms with Gasteiger partial charge in [-0.3, -0.25) is 0 Å². The van der Waals surface area contributed by atoms with Crippen molar-refractivity contribution >= 4 is 29.4 Å². The van der Waals surface area contributed by atoms with Gasteiger partial charge in [0, 0.05) is 0 Å². The second-order valence-corrected chi connectivity index (χ2v) is 8.19. The monoisotopic (exact) mass is 451 g/mol. The van der Waals surface area contributed by atoms with E-state index in [1.54, 1.807) is 40.2 Å². The molecule has 2 aromatic rings. The number of aromatic nitrogens is 4. The van der Waals surface area contributed by atoms with E-state index in [0.717, 1.165) is 12.8 Å². The van der Waals surface area contributed by atoms with E-state index in [1.165, 1.54) is 0 Å². The van der Waals surface area contributed by atoms with E-state index < -0.39 is 24.0 Å². The molecule has 0 saturated heterocycles. The highest BCUT2D eigenvalue weighted by Crippen LogP contribution is 2.42. The van der Waals surface area contributed by atoms with Crippen molar-refractivity contribution in [1.29, 1.82) is 0 Å². The maximum Gasteiger partial charge on any atom is 0.508 e. The number of carbonyl (C=O) groups is 2. The third-order valence-electron chi connectivity index (χ3n) is 4.50. The van der Waals surface area contributed by atoms with Crippen molar-refractivity contribution in [2.75, 3.05) is 18.9 Å². The molecule has 0 radical (unpaired) electrons. The van der Waals surface area contributed by atoms with Crippen molar-refractivity contribution in [1.82, 2.24) is 19.5 Å². The van der Waals surface area contributed by atoms with Crippen LogP contribution in [0, 0.1) is 0 Å². The second kappa shape index (κ2) is 9.98. The summed E-state index contributed by atoms with van der Waals surface area (Å²) < 4.78 is 28.3. The molecule has 1 aliphatic carbocycles. The molecule has 32 heavy (non-hydrogen) atoms. The van der Waals surface area contributed by atoms with Gasteiger partial charge in [0.05, 0.1) is 36.9 Å². The van der Waals surface area contributed by atoms with Gasteiger partial charge < -0.3 is 34.0 Å². The normalized spacial score (nSPS) is 14.7. The largest absolute Gasteiger partial charge is 0.508 e. The first-order chi connectivity index (χ1) is 15.2. The number of ether oxygens (including phenoxy) is 5. The van der Waals surface area contributed by atoms with Gasteiger partial charge in [-0.05, 0) is 40.5 Å². The van der Waals surface area contributed by atoms with Crippen molar-refractivity contribution in [2.45, 2.75) is 71.0 Å². The Kier molecular flexibility index (Phi) is 7.33. The lowest BCUT2D eigenvalue weighted by Gasteiger charge is -2.25. The Balaban J connectivity index is 1.65. The number of nitrogens with two attached hydrogens (primary N) is 1. The molecule has 1 saturated carbocycles. The van der Waals surface area contributed by atoms with E-state index in [2.05, 4.69) is 15.0 Å². The van der Waals surface area contributed by atoms with E-state index in [9.17, 15) is 9.59 Å². The van der Waals surface area contributed by atoms with Crippen molar-refractivity contribution in [2.24, 2.45) is 0 Å². The molecule has 12 nitrogen and oxygen atoms in total. The molecule has 2 N–H and O–H groups in total. The summed E-state index contributed by atoms with van der Waals surface area (Å²) in [5.41, 5.74) is 6.37. The van der Waals surface area contributed by atoms with Crippen LogP contribution in [0.3, 0.4) is 0 Å². The van der Waals surface area contributed by atoms with Gasteiger partial charge >= 0.3 is 12.3 Å². The maximum absolute atomic E-state index is 11.8. The molecule has 1 fully saturated rings. The van der Waals surface area contributed by atoms with Gasteiger partial charge in [0.25, 0.3) is 0 Å². The Morgan fingerprint density at radius 1 is 1.06 bits per heavy atom. The quantitative estimate of drug-likeness (QED) is 0.530. The highest BCUT2D eigenvalue weighted by molar-refractivity contribution is 5.70. The van der Waals surface area contributed by atoms with Gasteiger partial charge in [0.15, 0.2) is 5.65 Å². The fraction of sp³-hybridized carbons (Fsp3) is 0.650.